The van der Waals surface area contributed by atoms with Gasteiger partial charge in [-0.3, -0.25) is 37.3 Å². The smallest absolute Gasteiger partial charge is 0.462 e. The summed E-state index contributed by atoms with van der Waals surface area (Å²) in [6.07, 6.45) is 44.6. The number of hydrogen-bond donors (Lipinski definition) is 3. The molecule has 540 valence electrons. The molecule has 3 N–H and O–H groups in total. The van der Waals surface area contributed by atoms with Crippen LogP contribution in [0.5, 0.6) is 0 Å². The van der Waals surface area contributed by atoms with Crippen molar-refractivity contribution in [3.63, 3.8) is 0 Å². The number of phosphoric acid groups is 2. The van der Waals surface area contributed by atoms with Gasteiger partial charge in [-0.2, -0.15) is 0 Å². The molecule has 0 saturated heterocycles. The van der Waals surface area contributed by atoms with Gasteiger partial charge < -0.3 is 33.8 Å². The molecule has 0 amide bonds. The first-order valence-electron chi connectivity index (χ1n) is 37.3. The normalized spacial score (nSPS) is 14.8. The highest BCUT2D eigenvalue weighted by atomic mass is 31.2. The second kappa shape index (κ2) is 61.6. The Kier molecular flexibility index (Phi) is 60.3. The maximum absolute atomic E-state index is 13.0. The number of aliphatic hydroxyl groups is 1. The molecule has 0 spiro atoms. The highest BCUT2D eigenvalue weighted by Crippen LogP contribution is 2.45. The van der Waals surface area contributed by atoms with Crippen LogP contribution in [0.15, 0.2) is 0 Å². The minimum absolute atomic E-state index is 0.105. The van der Waals surface area contributed by atoms with Crippen LogP contribution in [0.3, 0.4) is 0 Å². The first-order chi connectivity index (χ1) is 43.7. The predicted octanol–water partition coefficient (Wildman–Crippen LogP) is 20.5. The number of esters is 4. The monoisotopic (exact) mass is 1340 g/mol. The van der Waals surface area contributed by atoms with Crippen LogP contribution in [0.25, 0.3) is 0 Å². The molecular formula is C72H140O17P2. The number of hydrogen-bond acceptors (Lipinski definition) is 15. The second-order valence-electron chi connectivity index (χ2n) is 27.4. The van der Waals surface area contributed by atoms with Crippen molar-refractivity contribution in [2.75, 3.05) is 39.6 Å². The molecule has 0 saturated carbocycles. The zero-order valence-electron chi connectivity index (χ0n) is 59.5. The van der Waals surface area contributed by atoms with E-state index in [1.165, 1.54) is 148 Å². The average Bonchev–Trinajstić information content (AvgIpc) is 3.19. The summed E-state index contributed by atoms with van der Waals surface area (Å²) >= 11 is 0. The number of rotatable bonds is 69. The third kappa shape index (κ3) is 63.9. The van der Waals surface area contributed by atoms with Crippen molar-refractivity contribution in [2.24, 2.45) is 23.7 Å². The van der Waals surface area contributed by atoms with Crippen LogP contribution < -0.4 is 0 Å². The Bertz CT molecular complexity index is 1800. The van der Waals surface area contributed by atoms with Gasteiger partial charge >= 0.3 is 39.5 Å². The standard InChI is InChI=1S/C72H140O17P2/c1-9-64(7)50-42-34-25-21-17-13-11-12-14-18-22-26-38-46-54-71(76)88-67(58-82-69(74)52-44-36-30-28-33-41-49-63(5)6)60-86-90(78,79)84-56-66(73)57-85-91(80,81)87-61-68(59-83-70(75)53-45-37-31-29-35-43-51-65(8)10-2)89-72(77)55-47-39-27-23-19-15-16-20-24-32-40-48-62(3)4/h62-68,73H,9-61H2,1-8H3,(H,78,79)(H,80,81)/t64?,65?,66-,67+,68+/m0/s1. The molecule has 0 aliphatic heterocycles. The Balaban J connectivity index is 5.21. The average molecular weight is 1340 g/mol. The quantitative estimate of drug-likeness (QED) is 0.0222. The van der Waals surface area contributed by atoms with Gasteiger partial charge in [0.2, 0.25) is 0 Å². The maximum Gasteiger partial charge on any atom is 0.472 e. The van der Waals surface area contributed by atoms with Crippen LogP contribution in [0.2, 0.25) is 0 Å². The van der Waals surface area contributed by atoms with E-state index in [9.17, 15) is 43.2 Å². The van der Waals surface area contributed by atoms with E-state index in [0.717, 1.165) is 120 Å². The molecule has 0 rings (SSSR count). The van der Waals surface area contributed by atoms with Gasteiger partial charge in [0.1, 0.15) is 19.3 Å². The van der Waals surface area contributed by atoms with Crippen molar-refractivity contribution in [3.05, 3.63) is 0 Å². The van der Waals surface area contributed by atoms with Crippen molar-refractivity contribution < 1.29 is 80.2 Å². The molecule has 17 nitrogen and oxygen atoms in total. The van der Waals surface area contributed by atoms with E-state index in [0.29, 0.717) is 31.6 Å². The highest BCUT2D eigenvalue weighted by molar-refractivity contribution is 7.47. The first-order valence-corrected chi connectivity index (χ1v) is 40.3. The van der Waals surface area contributed by atoms with Crippen LogP contribution in [0.1, 0.15) is 357 Å². The van der Waals surface area contributed by atoms with E-state index in [1.807, 2.05) is 0 Å². The minimum atomic E-state index is -4.95. The molecule has 0 aromatic carbocycles. The topological polar surface area (TPSA) is 237 Å². The molecule has 0 aromatic rings. The number of aliphatic hydroxyl groups excluding tert-OH is 1. The molecule has 0 aliphatic rings. The molecule has 7 atom stereocenters. The fourth-order valence-corrected chi connectivity index (χ4v) is 12.4. The van der Waals surface area contributed by atoms with Crippen molar-refractivity contribution in [2.45, 2.75) is 375 Å². The Hall–Kier alpha value is -1.94. The predicted molar refractivity (Wildman–Crippen MR) is 367 cm³/mol. The van der Waals surface area contributed by atoms with Gasteiger partial charge in [0.15, 0.2) is 12.2 Å². The van der Waals surface area contributed by atoms with Crippen molar-refractivity contribution >= 4 is 39.5 Å². The number of phosphoric ester groups is 2. The third-order valence-corrected chi connectivity index (χ3v) is 19.2. The van der Waals surface area contributed by atoms with Gasteiger partial charge in [0.05, 0.1) is 26.4 Å². The second-order valence-corrected chi connectivity index (χ2v) is 30.3. The van der Waals surface area contributed by atoms with Crippen LogP contribution in [0, 0.1) is 23.7 Å². The number of carbonyl (C=O) groups is 4. The summed E-state index contributed by atoms with van der Waals surface area (Å²) in [5.41, 5.74) is 0. The van der Waals surface area contributed by atoms with E-state index in [-0.39, 0.29) is 25.7 Å². The number of unbranched alkanes of at least 4 members (excludes halogenated alkanes) is 33. The Morgan fingerprint density at radius 2 is 0.527 bits per heavy atom. The summed E-state index contributed by atoms with van der Waals surface area (Å²) in [5, 5.41) is 10.6. The van der Waals surface area contributed by atoms with Gasteiger partial charge in [-0.25, -0.2) is 9.13 Å². The first kappa shape index (κ1) is 89.1. The Labute approximate surface area is 556 Å². The lowest BCUT2D eigenvalue weighted by molar-refractivity contribution is -0.161. The van der Waals surface area contributed by atoms with E-state index >= 15 is 0 Å². The summed E-state index contributed by atoms with van der Waals surface area (Å²) < 4.78 is 68.3. The summed E-state index contributed by atoms with van der Waals surface area (Å²) in [6, 6.07) is 0. The van der Waals surface area contributed by atoms with Gasteiger partial charge in [-0.05, 0) is 49.4 Å². The number of ether oxygens (including phenoxy) is 4. The van der Waals surface area contributed by atoms with Crippen LogP contribution in [-0.4, -0.2) is 96.7 Å². The van der Waals surface area contributed by atoms with E-state index in [1.54, 1.807) is 0 Å². The molecular weight excluding hydrogens is 1200 g/mol. The summed E-state index contributed by atoms with van der Waals surface area (Å²) in [5.74, 6) is 0.892. The molecule has 0 heterocycles. The van der Waals surface area contributed by atoms with Crippen molar-refractivity contribution in [1.29, 1.82) is 0 Å². The zero-order chi connectivity index (χ0) is 67.5. The zero-order valence-corrected chi connectivity index (χ0v) is 61.3. The fourth-order valence-electron chi connectivity index (χ4n) is 10.8. The maximum atomic E-state index is 13.0. The minimum Gasteiger partial charge on any atom is -0.462 e. The third-order valence-electron chi connectivity index (χ3n) is 17.3. The molecule has 0 fully saturated rings. The van der Waals surface area contributed by atoms with Crippen LogP contribution in [0.4, 0.5) is 0 Å². The summed E-state index contributed by atoms with van der Waals surface area (Å²) in [7, 11) is -9.91. The largest absolute Gasteiger partial charge is 0.472 e. The highest BCUT2D eigenvalue weighted by Gasteiger charge is 2.30. The molecule has 4 unspecified atom stereocenters. The molecule has 0 bridgehead atoms. The molecule has 0 radical (unpaired) electrons. The molecule has 91 heavy (non-hydrogen) atoms. The Morgan fingerprint density at radius 3 is 0.780 bits per heavy atom. The van der Waals surface area contributed by atoms with Gasteiger partial charge in [-0.1, -0.05) is 306 Å². The summed E-state index contributed by atoms with van der Waals surface area (Å²) in [4.78, 5) is 72.6. The van der Waals surface area contributed by atoms with Crippen LogP contribution in [-0.2, 0) is 65.4 Å². The van der Waals surface area contributed by atoms with Crippen molar-refractivity contribution in [3.8, 4) is 0 Å². The summed E-state index contributed by atoms with van der Waals surface area (Å²) in [6.45, 7) is 14.1. The SMILES string of the molecule is CCC(C)CCCCCCCCCCCCCCCCC(=O)O[C@H](COC(=O)CCCCCCCCC(C)C)COP(=O)(O)OC[C@H](O)COP(=O)(O)OC[C@@H](COC(=O)CCCCCCCCC(C)CC)OC(=O)CCCCCCCCCCCCCC(C)C. The van der Waals surface area contributed by atoms with Crippen molar-refractivity contribution in [1.82, 2.24) is 0 Å². The van der Waals surface area contributed by atoms with Gasteiger partial charge in [0, 0.05) is 25.7 Å². The van der Waals surface area contributed by atoms with E-state index in [2.05, 4.69) is 55.4 Å². The molecule has 19 heteroatoms. The van der Waals surface area contributed by atoms with E-state index in [4.69, 9.17) is 37.0 Å². The van der Waals surface area contributed by atoms with E-state index < -0.39 is 97.5 Å². The van der Waals surface area contributed by atoms with Gasteiger partial charge in [-0.15, -0.1) is 0 Å². The van der Waals surface area contributed by atoms with Crippen LogP contribution >= 0.6 is 15.6 Å². The lowest BCUT2D eigenvalue weighted by atomic mass is 9.99. The fraction of sp³-hybridized carbons (Fsp3) is 0.944. The van der Waals surface area contributed by atoms with Gasteiger partial charge in [0.25, 0.3) is 0 Å². The lowest BCUT2D eigenvalue weighted by Crippen LogP contribution is -2.30. The number of carbonyl (C=O) groups excluding carboxylic acids is 4. The Morgan fingerprint density at radius 1 is 0.308 bits per heavy atom. The molecule has 0 aliphatic carbocycles. The lowest BCUT2D eigenvalue weighted by Gasteiger charge is -2.21. The molecule has 0 aromatic heterocycles.